The van der Waals surface area contributed by atoms with Crippen LogP contribution in [0.5, 0.6) is 0 Å². The molecule has 0 aliphatic heterocycles. The van der Waals surface area contributed by atoms with E-state index in [4.69, 9.17) is 10.5 Å². The first-order chi connectivity index (χ1) is 6.29. The first-order valence-corrected chi connectivity index (χ1v) is 4.48. The average molecular weight is 183 g/mol. The van der Waals surface area contributed by atoms with E-state index in [0.29, 0.717) is 6.54 Å². The van der Waals surface area contributed by atoms with Crippen LogP contribution in [0.4, 0.5) is 0 Å². The first-order valence-electron chi connectivity index (χ1n) is 4.48. The van der Waals surface area contributed by atoms with E-state index in [-0.39, 0.29) is 0 Å². The van der Waals surface area contributed by atoms with Crippen LogP contribution in [-0.2, 0) is 24.8 Å². The van der Waals surface area contributed by atoms with Crippen LogP contribution < -0.4 is 5.73 Å². The van der Waals surface area contributed by atoms with Crippen molar-refractivity contribution in [3.63, 3.8) is 0 Å². The number of nitrogens with two attached hydrogens (primary N) is 1. The highest BCUT2D eigenvalue weighted by molar-refractivity contribution is 5.17. The second-order valence-electron chi connectivity index (χ2n) is 3.04. The second kappa shape index (κ2) is 4.99. The van der Waals surface area contributed by atoms with E-state index in [0.717, 1.165) is 25.0 Å². The van der Waals surface area contributed by atoms with Gasteiger partial charge in [-0.3, -0.25) is 4.68 Å². The Labute approximate surface area is 78.7 Å². The Balaban J connectivity index is 2.57. The number of hydrogen-bond acceptors (Lipinski definition) is 3. The lowest BCUT2D eigenvalue weighted by molar-refractivity contribution is 0.194. The maximum Gasteiger partial charge on any atom is 0.0537 e. The van der Waals surface area contributed by atoms with Crippen molar-refractivity contribution in [2.45, 2.75) is 19.4 Å². The van der Waals surface area contributed by atoms with Crippen molar-refractivity contribution in [3.05, 3.63) is 17.5 Å². The molecule has 0 aliphatic carbocycles. The molecule has 1 heterocycles. The molecule has 1 aromatic rings. The highest BCUT2D eigenvalue weighted by Gasteiger charge is 2.05. The maximum atomic E-state index is 5.58. The third kappa shape index (κ3) is 2.54. The van der Waals surface area contributed by atoms with E-state index in [2.05, 4.69) is 5.10 Å². The fraction of sp³-hybridized carbons (Fsp3) is 0.667. The third-order valence-corrected chi connectivity index (χ3v) is 2.13. The molecule has 1 rings (SSSR count). The zero-order valence-corrected chi connectivity index (χ0v) is 8.29. The summed E-state index contributed by atoms with van der Waals surface area (Å²) in [7, 11) is 3.66. The van der Waals surface area contributed by atoms with Crippen molar-refractivity contribution in [1.82, 2.24) is 9.78 Å². The summed E-state index contributed by atoms with van der Waals surface area (Å²) < 4.78 is 6.88. The van der Waals surface area contributed by atoms with Crippen LogP contribution in [0, 0.1) is 0 Å². The van der Waals surface area contributed by atoms with Gasteiger partial charge < -0.3 is 10.5 Å². The zero-order chi connectivity index (χ0) is 9.68. The molecule has 0 atom stereocenters. The van der Waals surface area contributed by atoms with Gasteiger partial charge >= 0.3 is 0 Å². The van der Waals surface area contributed by atoms with Crippen molar-refractivity contribution in [3.8, 4) is 0 Å². The molecule has 0 saturated heterocycles. The minimum absolute atomic E-state index is 0.566. The van der Waals surface area contributed by atoms with Crippen molar-refractivity contribution in [2.24, 2.45) is 12.8 Å². The van der Waals surface area contributed by atoms with E-state index < -0.39 is 0 Å². The quantitative estimate of drug-likeness (QED) is 0.675. The molecule has 1 aromatic heterocycles. The van der Waals surface area contributed by atoms with E-state index in [1.54, 1.807) is 7.11 Å². The molecule has 0 unspecified atom stereocenters. The molecule has 4 heteroatoms. The molecule has 0 saturated carbocycles. The number of aromatic nitrogens is 2. The topological polar surface area (TPSA) is 53.1 Å². The molecular weight excluding hydrogens is 166 g/mol. The number of rotatable bonds is 5. The van der Waals surface area contributed by atoms with Gasteiger partial charge in [-0.1, -0.05) is 0 Å². The lowest BCUT2D eigenvalue weighted by Gasteiger charge is -2.03. The fourth-order valence-electron chi connectivity index (χ4n) is 1.39. The van der Waals surface area contributed by atoms with Gasteiger partial charge in [-0.2, -0.15) is 5.10 Å². The van der Waals surface area contributed by atoms with E-state index in [1.165, 1.54) is 5.69 Å². The van der Waals surface area contributed by atoms with Gasteiger partial charge in [0.05, 0.1) is 6.20 Å². The van der Waals surface area contributed by atoms with Crippen LogP contribution in [-0.4, -0.2) is 23.5 Å². The van der Waals surface area contributed by atoms with Gasteiger partial charge in [0.25, 0.3) is 0 Å². The van der Waals surface area contributed by atoms with Gasteiger partial charge in [-0.05, 0) is 12.8 Å². The lowest BCUT2D eigenvalue weighted by atomic mass is 10.1. The van der Waals surface area contributed by atoms with Crippen LogP contribution >= 0.6 is 0 Å². The minimum Gasteiger partial charge on any atom is -0.385 e. The predicted molar refractivity (Wildman–Crippen MR) is 51.3 cm³/mol. The van der Waals surface area contributed by atoms with Gasteiger partial charge in [0.2, 0.25) is 0 Å². The summed E-state index contributed by atoms with van der Waals surface area (Å²) in [5.74, 6) is 0. The van der Waals surface area contributed by atoms with Crippen LogP contribution in [0.3, 0.4) is 0 Å². The van der Waals surface area contributed by atoms with E-state index >= 15 is 0 Å². The number of nitrogens with zero attached hydrogens (tertiary/aromatic N) is 2. The standard InChI is InChI=1S/C9H17N3O/c1-12-9(4-3-5-13-2)8(6-10)7-11-12/h7H,3-6,10H2,1-2H3. The van der Waals surface area contributed by atoms with E-state index in [9.17, 15) is 0 Å². The van der Waals surface area contributed by atoms with Gasteiger partial charge in [-0.25, -0.2) is 0 Å². The molecule has 0 amide bonds. The Morgan fingerprint density at radius 3 is 3.00 bits per heavy atom. The number of hydrogen-bond donors (Lipinski definition) is 1. The molecule has 0 spiro atoms. The van der Waals surface area contributed by atoms with E-state index in [1.807, 2.05) is 17.9 Å². The predicted octanol–water partition coefficient (Wildman–Crippen LogP) is 0.458. The molecule has 0 aliphatic rings. The first kappa shape index (κ1) is 10.2. The Kier molecular flexibility index (Phi) is 3.92. The normalized spacial score (nSPS) is 10.7. The largest absolute Gasteiger partial charge is 0.385 e. The summed E-state index contributed by atoms with van der Waals surface area (Å²) in [5.41, 5.74) is 7.94. The molecular formula is C9H17N3O. The summed E-state index contributed by atoms with van der Waals surface area (Å²) in [6.07, 6.45) is 3.84. The fourth-order valence-corrected chi connectivity index (χ4v) is 1.39. The van der Waals surface area contributed by atoms with Crippen LogP contribution in [0.2, 0.25) is 0 Å². The van der Waals surface area contributed by atoms with Crippen molar-refractivity contribution < 1.29 is 4.74 Å². The monoisotopic (exact) mass is 183 g/mol. The molecule has 13 heavy (non-hydrogen) atoms. The number of methoxy groups -OCH3 is 1. The highest BCUT2D eigenvalue weighted by atomic mass is 16.5. The molecule has 0 fully saturated rings. The van der Waals surface area contributed by atoms with Crippen molar-refractivity contribution in [1.29, 1.82) is 0 Å². The summed E-state index contributed by atoms with van der Waals surface area (Å²) in [5, 5.41) is 4.16. The Morgan fingerprint density at radius 1 is 1.62 bits per heavy atom. The smallest absolute Gasteiger partial charge is 0.0537 e. The van der Waals surface area contributed by atoms with Gasteiger partial charge in [0.15, 0.2) is 0 Å². The molecule has 0 aromatic carbocycles. The zero-order valence-electron chi connectivity index (χ0n) is 8.29. The maximum absolute atomic E-state index is 5.58. The lowest BCUT2D eigenvalue weighted by Crippen LogP contribution is -2.05. The van der Waals surface area contributed by atoms with Crippen LogP contribution in [0.15, 0.2) is 6.20 Å². The second-order valence-corrected chi connectivity index (χ2v) is 3.04. The number of ether oxygens (including phenoxy) is 1. The molecule has 0 radical (unpaired) electrons. The SMILES string of the molecule is COCCCc1c(CN)cnn1C. The van der Waals surface area contributed by atoms with Gasteiger partial charge in [-0.15, -0.1) is 0 Å². The van der Waals surface area contributed by atoms with Crippen molar-refractivity contribution >= 4 is 0 Å². The summed E-state index contributed by atoms with van der Waals surface area (Å²) in [6, 6.07) is 0. The van der Waals surface area contributed by atoms with Crippen molar-refractivity contribution in [2.75, 3.05) is 13.7 Å². The molecule has 74 valence electrons. The van der Waals surface area contributed by atoms with Crippen LogP contribution in [0.25, 0.3) is 0 Å². The summed E-state index contributed by atoms with van der Waals surface area (Å²) >= 11 is 0. The summed E-state index contributed by atoms with van der Waals surface area (Å²) in [6.45, 7) is 1.35. The Bertz CT molecular complexity index is 257. The van der Waals surface area contributed by atoms with Crippen LogP contribution in [0.1, 0.15) is 17.7 Å². The molecule has 0 bridgehead atoms. The third-order valence-electron chi connectivity index (χ3n) is 2.13. The van der Waals surface area contributed by atoms with Gasteiger partial charge in [0.1, 0.15) is 0 Å². The molecule has 4 nitrogen and oxygen atoms in total. The Morgan fingerprint density at radius 2 is 2.38 bits per heavy atom. The number of aryl methyl sites for hydroxylation is 1. The Hall–Kier alpha value is -0.870. The minimum atomic E-state index is 0.566. The molecule has 2 N–H and O–H groups in total. The summed E-state index contributed by atoms with van der Waals surface area (Å²) in [4.78, 5) is 0. The average Bonchev–Trinajstić information content (AvgIpc) is 2.48. The highest BCUT2D eigenvalue weighted by Crippen LogP contribution is 2.08. The van der Waals surface area contributed by atoms with Gasteiger partial charge in [0, 0.05) is 38.6 Å².